The molecule has 8 rings (SSSR count). The average Bonchev–Trinajstić information content (AvgIpc) is 4.11. The molecule has 0 bridgehead atoms. The fraction of sp³-hybridized carbons (Fsp3) is 0.358. The topological polar surface area (TPSA) is 241 Å². The molecule has 0 saturated carbocycles. The summed E-state index contributed by atoms with van der Waals surface area (Å²) in [5, 5.41) is 9.76. The van der Waals surface area contributed by atoms with Gasteiger partial charge in [0.05, 0.1) is 42.7 Å². The van der Waals surface area contributed by atoms with Crippen molar-refractivity contribution < 1.29 is 57.5 Å². The number of hydroxylamine groups is 2. The number of anilines is 3. The number of ketones is 2. The molecule has 0 aliphatic carbocycles. The van der Waals surface area contributed by atoms with Crippen molar-refractivity contribution in [3.8, 4) is 11.5 Å². The Labute approximate surface area is 424 Å². The summed E-state index contributed by atoms with van der Waals surface area (Å²) in [6.07, 6.45) is 5.32. The number of aromatic nitrogens is 1. The van der Waals surface area contributed by atoms with E-state index in [2.05, 4.69) is 20.9 Å². The van der Waals surface area contributed by atoms with Crippen molar-refractivity contribution in [1.29, 1.82) is 0 Å². The highest BCUT2D eigenvalue weighted by Gasteiger charge is 2.37. The van der Waals surface area contributed by atoms with E-state index in [1.807, 2.05) is 36.4 Å². The van der Waals surface area contributed by atoms with Gasteiger partial charge in [-0.1, -0.05) is 25.1 Å². The number of aliphatic imine (C=N–C) groups is 1. The maximum absolute atomic E-state index is 13.7. The Kier molecular flexibility index (Phi) is 15.9. The number of fused-ring (bicyclic) bond motifs is 5. The number of para-hydroxylation sites is 1. The molecule has 73 heavy (non-hydrogen) atoms. The fourth-order valence-electron chi connectivity index (χ4n) is 8.84. The van der Waals surface area contributed by atoms with Gasteiger partial charge in [-0.25, -0.2) is 4.79 Å². The number of benzene rings is 3. The molecule has 3 aromatic carbocycles. The molecule has 20 heteroatoms. The number of nitrogens with one attached hydrogen (secondary N) is 3. The van der Waals surface area contributed by atoms with Gasteiger partial charge in [-0.2, -0.15) is 0 Å². The van der Waals surface area contributed by atoms with E-state index in [4.69, 9.17) is 14.3 Å². The molecule has 3 aliphatic heterocycles. The predicted molar refractivity (Wildman–Crippen MR) is 271 cm³/mol. The lowest BCUT2D eigenvalue weighted by Crippen LogP contribution is -2.42. The zero-order valence-corrected chi connectivity index (χ0v) is 41.6. The highest BCUT2D eigenvalue weighted by molar-refractivity contribution is 7.19. The number of thiophene rings is 1. The summed E-state index contributed by atoms with van der Waals surface area (Å²) < 4.78 is 14.1. The number of imide groups is 1. The van der Waals surface area contributed by atoms with Gasteiger partial charge >= 0.3 is 5.97 Å². The largest absolute Gasteiger partial charge is 0.493 e. The summed E-state index contributed by atoms with van der Waals surface area (Å²) in [5.74, 6) is -3.46. The van der Waals surface area contributed by atoms with Gasteiger partial charge in [0.25, 0.3) is 23.6 Å². The quantitative estimate of drug-likeness (QED) is 0.0471. The number of unbranched alkanes of at least 4 members (excludes halogenated alkanes) is 1. The number of carbonyl (C=O) groups is 9. The standard InChI is InChI=1S/C53H55N7O12S/c1-30(20-37(61)11-6-8-14-50(66)72-60-48(64)17-18-49(60)65)51(67)55-31(2)43(62)25-38-23-33-21-34(15-16-46(33)73-38)57-52(68)42-24-35(29-58(42)3)56-47(63)13-9-19-71-45-27-40-39(26-44(45)70-4)53(69)59-36(28-54-40)22-32-10-5-7-12-41(32)59/h5,7,10,12,15-16,21,23-24,26-31,36H,6,8-9,11,13-14,17-20,22,25H2,1-4H3,(H,55,67)(H,56,63)(H,57,68)/t30-,31+,36+/m1/s1. The molecular weight excluding hydrogens is 959 g/mol. The van der Waals surface area contributed by atoms with Crippen LogP contribution in [-0.2, 0) is 58.3 Å². The molecular formula is C53H55N7O12S. The number of amides is 6. The van der Waals surface area contributed by atoms with E-state index in [0.717, 1.165) is 26.2 Å². The molecule has 0 radical (unpaired) electrons. The fourth-order valence-corrected chi connectivity index (χ4v) is 9.89. The maximum Gasteiger partial charge on any atom is 0.333 e. The summed E-state index contributed by atoms with van der Waals surface area (Å²) in [6, 6.07) is 19.0. The first-order valence-electron chi connectivity index (χ1n) is 24.1. The SMILES string of the molecule is COc1cc2c(cc1OCCCC(=O)Nc1cc(C(=O)Nc3ccc4sc(CC(=O)[C@H](C)NC(=O)[C@H](C)CC(=O)CCCCC(=O)ON5C(=O)CCC5=O)cc4c3)n(C)c1)N=C[C@@H]1Cc3ccccc3N1C2=O. The van der Waals surface area contributed by atoms with Gasteiger partial charge in [-0.15, -0.1) is 16.4 Å². The van der Waals surface area contributed by atoms with Gasteiger partial charge in [0.1, 0.15) is 11.5 Å². The number of carbonyl (C=O) groups excluding carboxylic acids is 9. The van der Waals surface area contributed by atoms with Crippen molar-refractivity contribution in [3.05, 3.63) is 94.6 Å². The minimum absolute atomic E-state index is 0.0000248. The second kappa shape index (κ2) is 22.6. The first kappa shape index (κ1) is 51.4. The van der Waals surface area contributed by atoms with Crippen LogP contribution in [0.25, 0.3) is 10.1 Å². The number of nitrogens with zero attached hydrogens (tertiary/aromatic N) is 4. The molecule has 380 valence electrons. The molecule has 3 N–H and O–H groups in total. The second-order valence-corrected chi connectivity index (χ2v) is 19.5. The molecule has 2 aromatic heterocycles. The lowest BCUT2D eigenvalue weighted by Gasteiger charge is -2.22. The first-order valence-corrected chi connectivity index (χ1v) is 24.9. The van der Waals surface area contributed by atoms with Crippen molar-refractivity contribution in [1.82, 2.24) is 14.9 Å². The third-order valence-corrected chi connectivity index (χ3v) is 13.9. The van der Waals surface area contributed by atoms with Gasteiger partial charge in [0.2, 0.25) is 11.8 Å². The van der Waals surface area contributed by atoms with Crippen LogP contribution in [0.2, 0.25) is 0 Å². The molecule has 5 heterocycles. The zero-order chi connectivity index (χ0) is 51.9. The van der Waals surface area contributed by atoms with E-state index < -0.39 is 41.6 Å². The number of methoxy groups -OCH3 is 1. The minimum Gasteiger partial charge on any atom is -0.493 e. The van der Waals surface area contributed by atoms with Gasteiger partial charge < -0.3 is 34.8 Å². The van der Waals surface area contributed by atoms with Gasteiger partial charge in [-0.05, 0) is 79.6 Å². The van der Waals surface area contributed by atoms with E-state index in [9.17, 15) is 43.2 Å². The van der Waals surface area contributed by atoms with Crippen molar-refractivity contribution in [2.45, 2.75) is 96.6 Å². The van der Waals surface area contributed by atoms with Crippen molar-refractivity contribution in [3.63, 3.8) is 0 Å². The van der Waals surface area contributed by atoms with Crippen LogP contribution in [0.1, 0.15) is 103 Å². The second-order valence-electron chi connectivity index (χ2n) is 18.3. The predicted octanol–water partition coefficient (Wildman–Crippen LogP) is 6.97. The van der Waals surface area contributed by atoms with E-state index >= 15 is 0 Å². The molecule has 1 saturated heterocycles. The van der Waals surface area contributed by atoms with E-state index in [-0.39, 0.29) is 81.0 Å². The number of Topliss-reactive ketones (excluding diaryl/α,β-unsaturated/α-hetero) is 2. The Hall–Kier alpha value is -8.00. The average molecular weight is 1010 g/mol. The molecule has 1 fully saturated rings. The summed E-state index contributed by atoms with van der Waals surface area (Å²) >= 11 is 1.42. The first-order chi connectivity index (χ1) is 35.0. The minimum atomic E-state index is -0.816. The summed E-state index contributed by atoms with van der Waals surface area (Å²) in [7, 11) is 3.19. The van der Waals surface area contributed by atoms with Crippen LogP contribution >= 0.6 is 11.3 Å². The summed E-state index contributed by atoms with van der Waals surface area (Å²) in [4.78, 5) is 126. The van der Waals surface area contributed by atoms with Crippen LogP contribution in [0.5, 0.6) is 11.5 Å². The maximum atomic E-state index is 13.7. The van der Waals surface area contributed by atoms with Crippen molar-refractivity contribution in [2.24, 2.45) is 18.0 Å². The molecule has 3 aliphatic rings. The third-order valence-electron chi connectivity index (χ3n) is 12.7. The number of aryl methyl sites for hydroxylation is 1. The molecule has 6 amide bonds. The van der Waals surface area contributed by atoms with Gasteiger partial charge in [-0.3, -0.25) is 48.2 Å². The summed E-state index contributed by atoms with van der Waals surface area (Å²) in [5.41, 5.74) is 4.11. The van der Waals surface area contributed by atoms with Crippen LogP contribution in [0, 0.1) is 5.92 Å². The number of hydrogen-bond donors (Lipinski definition) is 3. The van der Waals surface area contributed by atoms with Gasteiger partial charge in [0, 0.05) is 104 Å². The van der Waals surface area contributed by atoms with Crippen LogP contribution in [-0.4, -0.2) is 94.6 Å². The number of ether oxygens (including phenoxy) is 2. The highest BCUT2D eigenvalue weighted by atomic mass is 32.1. The Morgan fingerprint density at radius 1 is 0.849 bits per heavy atom. The Morgan fingerprint density at radius 2 is 1.62 bits per heavy atom. The van der Waals surface area contributed by atoms with E-state index in [1.54, 1.807) is 73.1 Å². The molecule has 19 nitrogen and oxygen atoms in total. The molecule has 0 unspecified atom stereocenters. The normalized spacial score (nSPS) is 15.5. The van der Waals surface area contributed by atoms with Gasteiger partial charge in [0.15, 0.2) is 17.3 Å². The summed E-state index contributed by atoms with van der Waals surface area (Å²) in [6.45, 7) is 3.38. The van der Waals surface area contributed by atoms with Crippen molar-refractivity contribution >= 4 is 103 Å². The Morgan fingerprint density at radius 3 is 2.40 bits per heavy atom. The van der Waals surface area contributed by atoms with Crippen LogP contribution < -0.4 is 30.3 Å². The Balaban J connectivity index is 0.752. The molecule has 0 spiro atoms. The smallest absolute Gasteiger partial charge is 0.333 e. The third kappa shape index (κ3) is 12.2. The van der Waals surface area contributed by atoms with Crippen LogP contribution in [0.4, 0.5) is 22.7 Å². The molecule has 5 aromatic rings. The number of rotatable bonds is 22. The van der Waals surface area contributed by atoms with Crippen LogP contribution in [0.3, 0.4) is 0 Å². The highest BCUT2D eigenvalue weighted by Crippen LogP contribution is 2.41. The van der Waals surface area contributed by atoms with Crippen LogP contribution in [0.15, 0.2) is 77.9 Å². The Bertz CT molecular complexity index is 3050. The van der Waals surface area contributed by atoms with Crippen molar-refractivity contribution in [2.75, 3.05) is 29.3 Å². The lowest BCUT2D eigenvalue weighted by molar-refractivity contribution is -0.197. The number of hydrogen-bond acceptors (Lipinski definition) is 14. The zero-order valence-electron chi connectivity index (χ0n) is 40.8. The van der Waals surface area contributed by atoms with E-state index in [0.29, 0.717) is 70.6 Å². The monoisotopic (exact) mass is 1010 g/mol. The lowest BCUT2D eigenvalue weighted by atomic mass is 9.99. The van der Waals surface area contributed by atoms with E-state index in [1.165, 1.54) is 18.4 Å². The molecule has 3 atom stereocenters.